The van der Waals surface area contributed by atoms with Crippen LogP contribution in [0.25, 0.3) is 16.7 Å². The third-order valence-corrected chi connectivity index (χ3v) is 6.97. The minimum atomic E-state index is -0.0366. The van der Waals surface area contributed by atoms with Crippen molar-refractivity contribution in [3.63, 3.8) is 0 Å². The Morgan fingerprint density at radius 2 is 1.82 bits per heavy atom. The van der Waals surface area contributed by atoms with Crippen molar-refractivity contribution in [2.75, 3.05) is 14.1 Å². The lowest BCUT2D eigenvalue weighted by Gasteiger charge is -2.23. The number of para-hydroxylation sites is 1. The van der Waals surface area contributed by atoms with Gasteiger partial charge in [0.15, 0.2) is 11.0 Å². The molecule has 0 N–H and O–H groups in total. The van der Waals surface area contributed by atoms with E-state index in [9.17, 15) is 4.79 Å². The number of hydrogen-bond donors (Lipinski definition) is 0. The van der Waals surface area contributed by atoms with Crippen LogP contribution in [0.15, 0.2) is 34.2 Å². The minimum absolute atomic E-state index is 0.0366. The van der Waals surface area contributed by atoms with Crippen molar-refractivity contribution >= 4 is 28.4 Å². The van der Waals surface area contributed by atoms with Crippen molar-refractivity contribution in [1.82, 2.24) is 38.8 Å². The summed E-state index contributed by atoms with van der Waals surface area (Å²) in [5, 5.41) is 19.5. The van der Waals surface area contributed by atoms with Crippen LogP contribution in [-0.2, 0) is 18.8 Å². The van der Waals surface area contributed by atoms with Gasteiger partial charge >= 0.3 is 0 Å². The molecular weight excluding hydrogens is 436 g/mol. The molecule has 0 aliphatic carbocycles. The molecule has 0 saturated heterocycles. The van der Waals surface area contributed by atoms with Crippen LogP contribution in [0.1, 0.15) is 57.7 Å². The Bertz CT molecular complexity index is 1310. The number of aryl methyl sites for hydroxylation is 1. The van der Waals surface area contributed by atoms with Crippen LogP contribution < -0.4 is 5.56 Å². The van der Waals surface area contributed by atoms with Gasteiger partial charge < -0.3 is 4.57 Å². The molecule has 10 heteroatoms. The van der Waals surface area contributed by atoms with Gasteiger partial charge in [-0.1, -0.05) is 44.2 Å². The van der Waals surface area contributed by atoms with E-state index in [1.54, 1.807) is 16.3 Å². The number of hydrogen-bond acceptors (Lipinski definition) is 7. The highest BCUT2D eigenvalue weighted by atomic mass is 32.2. The molecule has 3 aromatic heterocycles. The predicted octanol–water partition coefficient (Wildman–Crippen LogP) is 3.76. The molecule has 0 aliphatic rings. The molecule has 0 bridgehead atoms. The van der Waals surface area contributed by atoms with Gasteiger partial charge in [0.05, 0.1) is 22.7 Å². The number of aromatic nitrogens is 7. The van der Waals surface area contributed by atoms with Gasteiger partial charge in [-0.2, -0.15) is 0 Å². The number of unbranched alkanes of at least 4 members (excludes halogenated alkanes) is 1. The summed E-state index contributed by atoms with van der Waals surface area (Å²) in [5.41, 5.74) is 0.792. The molecule has 0 aliphatic heterocycles. The zero-order valence-corrected chi connectivity index (χ0v) is 20.8. The summed E-state index contributed by atoms with van der Waals surface area (Å²) in [4.78, 5) is 15.1. The Balaban J connectivity index is 1.73. The van der Waals surface area contributed by atoms with Crippen molar-refractivity contribution < 1.29 is 0 Å². The molecule has 0 saturated carbocycles. The van der Waals surface area contributed by atoms with E-state index in [1.165, 1.54) is 0 Å². The molecular formula is C23H32N8OS. The second-order valence-corrected chi connectivity index (χ2v) is 9.28. The van der Waals surface area contributed by atoms with Crippen LogP contribution in [0.3, 0.4) is 0 Å². The van der Waals surface area contributed by atoms with E-state index in [1.807, 2.05) is 35.6 Å². The second-order valence-electron chi connectivity index (χ2n) is 8.34. The first-order valence-electron chi connectivity index (χ1n) is 11.6. The van der Waals surface area contributed by atoms with Crippen LogP contribution in [-0.4, -0.2) is 52.9 Å². The molecule has 4 aromatic rings. The third kappa shape index (κ3) is 4.29. The quantitative estimate of drug-likeness (QED) is 0.328. The van der Waals surface area contributed by atoms with Gasteiger partial charge in [0, 0.05) is 13.1 Å². The lowest BCUT2D eigenvalue weighted by atomic mass is 10.2. The number of benzene rings is 1. The van der Waals surface area contributed by atoms with E-state index in [2.05, 4.69) is 57.8 Å². The Morgan fingerprint density at radius 1 is 1.03 bits per heavy atom. The maximum absolute atomic E-state index is 12.9. The van der Waals surface area contributed by atoms with Gasteiger partial charge in [0.25, 0.3) is 5.56 Å². The van der Waals surface area contributed by atoms with Gasteiger partial charge in [-0.25, -0.2) is 0 Å². The molecule has 4 rings (SSSR count). The lowest BCUT2D eigenvalue weighted by Crippen LogP contribution is -2.23. The summed E-state index contributed by atoms with van der Waals surface area (Å²) < 4.78 is 5.93. The van der Waals surface area contributed by atoms with Crippen LogP contribution in [0, 0.1) is 0 Å². The summed E-state index contributed by atoms with van der Waals surface area (Å²) in [7, 11) is 4.17. The standard InChI is InChI=1S/C23H32N8OS/c1-6-9-14-30-20(17(7-2)28(4)5)25-27-23(30)33-15-19-24-26-22-29(8-3)21(32)16-12-10-11-13-18(16)31(19)22/h10-13,17H,6-9,14-15H2,1-5H3. The Hall–Kier alpha value is -2.72. The van der Waals surface area contributed by atoms with E-state index in [-0.39, 0.29) is 11.6 Å². The molecule has 0 radical (unpaired) electrons. The van der Waals surface area contributed by atoms with E-state index in [4.69, 9.17) is 0 Å². The van der Waals surface area contributed by atoms with Crippen molar-refractivity contribution in [2.45, 2.75) is 70.1 Å². The first-order chi connectivity index (χ1) is 16.0. The normalized spacial score (nSPS) is 12.9. The average molecular weight is 469 g/mol. The maximum atomic E-state index is 12.9. The van der Waals surface area contributed by atoms with Gasteiger partial charge in [-0.05, 0) is 46.0 Å². The summed E-state index contributed by atoms with van der Waals surface area (Å²) in [6.45, 7) is 7.75. The van der Waals surface area contributed by atoms with E-state index in [0.717, 1.165) is 48.1 Å². The summed E-state index contributed by atoms with van der Waals surface area (Å²) in [6.07, 6.45) is 3.15. The van der Waals surface area contributed by atoms with Gasteiger partial charge in [0.1, 0.15) is 5.82 Å². The molecule has 0 spiro atoms. The number of nitrogens with zero attached hydrogens (tertiary/aromatic N) is 8. The van der Waals surface area contributed by atoms with Crippen molar-refractivity contribution in [2.24, 2.45) is 0 Å². The van der Waals surface area contributed by atoms with Crippen LogP contribution in [0.5, 0.6) is 0 Å². The molecule has 3 heterocycles. The topological polar surface area (TPSA) is 86.1 Å². The van der Waals surface area contributed by atoms with E-state index in [0.29, 0.717) is 23.5 Å². The van der Waals surface area contributed by atoms with Crippen molar-refractivity contribution in [3.8, 4) is 0 Å². The third-order valence-electron chi connectivity index (χ3n) is 6.01. The molecule has 33 heavy (non-hydrogen) atoms. The highest BCUT2D eigenvalue weighted by Gasteiger charge is 2.23. The summed E-state index contributed by atoms with van der Waals surface area (Å²) in [5.74, 6) is 2.95. The van der Waals surface area contributed by atoms with E-state index < -0.39 is 0 Å². The first kappa shape index (κ1) is 23.4. The second kappa shape index (κ2) is 10.0. The Morgan fingerprint density at radius 3 is 2.52 bits per heavy atom. The molecule has 1 aromatic carbocycles. The molecule has 1 atom stereocenters. The largest absolute Gasteiger partial charge is 0.305 e. The zero-order valence-electron chi connectivity index (χ0n) is 20.0. The smallest absolute Gasteiger partial charge is 0.262 e. The summed E-state index contributed by atoms with van der Waals surface area (Å²) in [6, 6.07) is 7.86. The molecule has 0 amide bonds. The van der Waals surface area contributed by atoms with Crippen LogP contribution >= 0.6 is 11.8 Å². The Labute approximate surface area is 197 Å². The minimum Gasteiger partial charge on any atom is -0.305 e. The van der Waals surface area contributed by atoms with E-state index >= 15 is 0 Å². The van der Waals surface area contributed by atoms with Gasteiger partial charge in [0.2, 0.25) is 5.78 Å². The average Bonchev–Trinajstić information content (AvgIpc) is 3.41. The molecule has 9 nitrogen and oxygen atoms in total. The lowest BCUT2D eigenvalue weighted by molar-refractivity contribution is 0.270. The van der Waals surface area contributed by atoms with Crippen molar-refractivity contribution in [3.05, 3.63) is 46.3 Å². The van der Waals surface area contributed by atoms with Crippen LogP contribution in [0.2, 0.25) is 0 Å². The fourth-order valence-electron chi connectivity index (χ4n) is 4.28. The number of thioether (sulfide) groups is 1. The highest BCUT2D eigenvalue weighted by molar-refractivity contribution is 7.98. The summed E-state index contributed by atoms with van der Waals surface area (Å²) >= 11 is 1.62. The molecule has 176 valence electrons. The number of rotatable bonds is 10. The predicted molar refractivity (Wildman–Crippen MR) is 132 cm³/mol. The zero-order chi connectivity index (χ0) is 23.5. The van der Waals surface area contributed by atoms with Crippen molar-refractivity contribution in [1.29, 1.82) is 0 Å². The fourth-order valence-corrected chi connectivity index (χ4v) is 5.16. The molecule has 0 fully saturated rings. The fraction of sp³-hybridized carbons (Fsp3) is 0.522. The van der Waals surface area contributed by atoms with Crippen LogP contribution in [0.4, 0.5) is 0 Å². The SMILES string of the molecule is CCCCn1c(SCc2nnc3n(CC)c(=O)c4ccccc4n23)nnc1C(CC)N(C)C. The molecule has 1 unspecified atom stereocenters. The first-order valence-corrected chi connectivity index (χ1v) is 12.6. The maximum Gasteiger partial charge on any atom is 0.262 e. The number of fused-ring (bicyclic) bond motifs is 3. The Kier molecular flexibility index (Phi) is 7.14. The monoisotopic (exact) mass is 468 g/mol. The van der Waals surface area contributed by atoms with Gasteiger partial charge in [-0.3, -0.25) is 18.7 Å². The van der Waals surface area contributed by atoms with Gasteiger partial charge in [-0.15, -0.1) is 20.4 Å². The highest BCUT2D eigenvalue weighted by Crippen LogP contribution is 2.28.